The van der Waals surface area contributed by atoms with Crippen molar-refractivity contribution < 1.29 is 9.53 Å². The third kappa shape index (κ3) is 4.51. The second-order valence-electron chi connectivity index (χ2n) is 4.35. The van der Waals surface area contributed by atoms with Crippen molar-refractivity contribution in [2.24, 2.45) is 5.41 Å². The van der Waals surface area contributed by atoms with Crippen molar-refractivity contribution in [3.8, 4) is 0 Å². The van der Waals surface area contributed by atoms with Crippen LogP contribution < -0.4 is 10.6 Å². The molecule has 0 aromatic rings. The Kier molecular flexibility index (Phi) is 4.88. The van der Waals surface area contributed by atoms with Crippen LogP contribution in [0, 0.1) is 5.41 Å². The Hall–Kier alpha value is -0.770. The highest BCUT2D eigenvalue weighted by molar-refractivity contribution is 5.73. The zero-order valence-corrected chi connectivity index (χ0v) is 9.77. The lowest BCUT2D eigenvalue weighted by Gasteiger charge is -2.15. The molecule has 4 nitrogen and oxygen atoms in total. The van der Waals surface area contributed by atoms with E-state index in [1.807, 2.05) is 6.92 Å². The average Bonchev–Trinajstić information content (AvgIpc) is 3.01. The second kappa shape index (κ2) is 5.95. The molecule has 0 spiro atoms. The minimum absolute atomic E-state index is 0.0412. The van der Waals surface area contributed by atoms with Crippen molar-refractivity contribution in [1.82, 2.24) is 10.6 Å². The molecule has 0 unspecified atom stereocenters. The number of hydrogen-bond donors (Lipinski definition) is 2. The predicted molar refractivity (Wildman–Crippen MR) is 59.9 cm³/mol. The molecule has 88 valence electrons. The number of carbonyl (C=O) groups is 1. The van der Waals surface area contributed by atoms with Crippen molar-refractivity contribution in [2.75, 3.05) is 26.8 Å². The first-order valence-electron chi connectivity index (χ1n) is 5.73. The Morgan fingerprint density at radius 1 is 1.40 bits per heavy atom. The Balaban J connectivity index is 2.10. The smallest absolute Gasteiger partial charge is 0.314 e. The largest absolute Gasteiger partial charge is 0.385 e. The maximum atomic E-state index is 11.3. The van der Waals surface area contributed by atoms with Gasteiger partial charge in [-0.25, -0.2) is 4.79 Å². The first-order valence-corrected chi connectivity index (χ1v) is 5.73. The van der Waals surface area contributed by atoms with Gasteiger partial charge in [0.25, 0.3) is 0 Å². The van der Waals surface area contributed by atoms with Gasteiger partial charge < -0.3 is 15.4 Å². The van der Waals surface area contributed by atoms with E-state index in [1.54, 1.807) is 7.11 Å². The number of urea groups is 1. The van der Waals surface area contributed by atoms with Gasteiger partial charge in [0.15, 0.2) is 0 Å². The second-order valence-corrected chi connectivity index (χ2v) is 4.35. The maximum Gasteiger partial charge on any atom is 0.314 e. The van der Waals surface area contributed by atoms with Crippen molar-refractivity contribution in [3.63, 3.8) is 0 Å². The lowest BCUT2D eigenvalue weighted by atomic mass is 10.0. The van der Waals surface area contributed by atoms with Crippen molar-refractivity contribution >= 4 is 6.03 Å². The molecule has 2 N–H and O–H groups in total. The fourth-order valence-electron chi connectivity index (χ4n) is 1.58. The standard InChI is InChI=1S/C11H22N2O2/c1-3-7-12-10(14)13-9-11(4-5-11)6-8-15-2/h3-9H2,1-2H3,(H2,12,13,14). The van der Waals surface area contributed by atoms with Gasteiger partial charge in [-0.15, -0.1) is 0 Å². The summed E-state index contributed by atoms with van der Waals surface area (Å²) in [6.45, 7) is 4.36. The van der Waals surface area contributed by atoms with Crippen molar-refractivity contribution in [3.05, 3.63) is 0 Å². The number of amides is 2. The maximum absolute atomic E-state index is 11.3. The van der Waals surface area contributed by atoms with Crippen LogP contribution in [0.15, 0.2) is 0 Å². The molecular formula is C11H22N2O2. The van der Waals surface area contributed by atoms with Gasteiger partial charge in [0, 0.05) is 26.8 Å². The van der Waals surface area contributed by atoms with Crippen LogP contribution in [-0.2, 0) is 4.74 Å². The van der Waals surface area contributed by atoms with Gasteiger partial charge in [-0.05, 0) is 31.1 Å². The Morgan fingerprint density at radius 3 is 2.67 bits per heavy atom. The summed E-state index contributed by atoms with van der Waals surface area (Å²) < 4.78 is 5.06. The minimum Gasteiger partial charge on any atom is -0.385 e. The molecule has 0 saturated heterocycles. The Bertz CT molecular complexity index is 203. The van der Waals surface area contributed by atoms with Crippen LogP contribution in [0.1, 0.15) is 32.6 Å². The first kappa shape index (κ1) is 12.3. The molecule has 15 heavy (non-hydrogen) atoms. The number of methoxy groups -OCH3 is 1. The SMILES string of the molecule is CCCNC(=O)NCC1(CCOC)CC1. The summed E-state index contributed by atoms with van der Waals surface area (Å²) in [5.41, 5.74) is 0.333. The van der Waals surface area contributed by atoms with E-state index in [0.29, 0.717) is 5.41 Å². The van der Waals surface area contributed by atoms with Gasteiger partial charge in [0.05, 0.1) is 0 Å². The number of rotatable bonds is 7. The van der Waals surface area contributed by atoms with Crippen LogP contribution in [0.5, 0.6) is 0 Å². The van der Waals surface area contributed by atoms with E-state index >= 15 is 0 Å². The molecule has 0 aliphatic heterocycles. The number of ether oxygens (including phenoxy) is 1. The summed E-state index contributed by atoms with van der Waals surface area (Å²) in [6, 6.07) is -0.0412. The van der Waals surface area contributed by atoms with E-state index in [9.17, 15) is 4.79 Å². The average molecular weight is 214 g/mol. The molecule has 0 radical (unpaired) electrons. The molecule has 1 rings (SSSR count). The van der Waals surface area contributed by atoms with E-state index in [4.69, 9.17) is 4.74 Å². The predicted octanol–water partition coefficient (Wildman–Crippen LogP) is 1.51. The molecule has 1 fully saturated rings. The summed E-state index contributed by atoms with van der Waals surface area (Å²) in [7, 11) is 1.72. The van der Waals surface area contributed by atoms with Crippen LogP contribution >= 0.6 is 0 Å². The number of nitrogens with one attached hydrogen (secondary N) is 2. The normalized spacial score (nSPS) is 17.2. The van der Waals surface area contributed by atoms with Crippen molar-refractivity contribution in [2.45, 2.75) is 32.6 Å². The van der Waals surface area contributed by atoms with E-state index in [1.165, 1.54) is 12.8 Å². The molecule has 0 aromatic carbocycles. The lowest BCUT2D eigenvalue weighted by molar-refractivity contribution is 0.171. The van der Waals surface area contributed by atoms with Gasteiger partial charge in [-0.1, -0.05) is 6.92 Å². The number of carbonyl (C=O) groups excluding carboxylic acids is 1. The van der Waals surface area contributed by atoms with Crippen LogP contribution in [0.3, 0.4) is 0 Å². The molecule has 1 aliphatic carbocycles. The summed E-state index contributed by atoms with van der Waals surface area (Å²) >= 11 is 0. The van der Waals surface area contributed by atoms with Crippen LogP contribution in [0.25, 0.3) is 0 Å². The highest BCUT2D eigenvalue weighted by atomic mass is 16.5. The summed E-state index contributed by atoms with van der Waals surface area (Å²) in [5, 5.41) is 5.73. The molecule has 4 heteroatoms. The fraction of sp³-hybridized carbons (Fsp3) is 0.909. The molecule has 2 amide bonds. The first-order chi connectivity index (χ1) is 7.22. The Morgan fingerprint density at radius 2 is 2.13 bits per heavy atom. The number of hydrogen-bond acceptors (Lipinski definition) is 2. The minimum atomic E-state index is -0.0412. The highest BCUT2D eigenvalue weighted by Gasteiger charge is 2.41. The topological polar surface area (TPSA) is 50.4 Å². The van der Waals surface area contributed by atoms with Crippen LogP contribution in [0.4, 0.5) is 4.79 Å². The van der Waals surface area contributed by atoms with E-state index in [-0.39, 0.29) is 6.03 Å². The van der Waals surface area contributed by atoms with Gasteiger partial charge >= 0.3 is 6.03 Å². The molecule has 0 heterocycles. The molecule has 1 saturated carbocycles. The molecule has 0 bridgehead atoms. The summed E-state index contributed by atoms with van der Waals surface area (Å²) in [4.78, 5) is 11.3. The van der Waals surface area contributed by atoms with Crippen LogP contribution in [-0.4, -0.2) is 32.8 Å². The molecular weight excluding hydrogens is 192 g/mol. The quantitative estimate of drug-likeness (QED) is 0.675. The molecule has 0 atom stereocenters. The Labute approximate surface area is 91.8 Å². The summed E-state index contributed by atoms with van der Waals surface area (Å²) in [5.74, 6) is 0. The third-order valence-corrected chi connectivity index (χ3v) is 2.95. The molecule has 0 aromatic heterocycles. The van der Waals surface area contributed by atoms with Gasteiger partial charge in [-0.3, -0.25) is 0 Å². The van der Waals surface area contributed by atoms with Gasteiger partial charge in [0.2, 0.25) is 0 Å². The fourth-order valence-corrected chi connectivity index (χ4v) is 1.58. The van der Waals surface area contributed by atoms with E-state index in [2.05, 4.69) is 10.6 Å². The van der Waals surface area contributed by atoms with Crippen molar-refractivity contribution in [1.29, 1.82) is 0 Å². The zero-order chi connectivity index (χ0) is 11.1. The van der Waals surface area contributed by atoms with E-state index < -0.39 is 0 Å². The van der Waals surface area contributed by atoms with Gasteiger partial charge in [-0.2, -0.15) is 0 Å². The van der Waals surface area contributed by atoms with E-state index in [0.717, 1.165) is 32.5 Å². The lowest BCUT2D eigenvalue weighted by Crippen LogP contribution is -2.39. The molecule has 1 aliphatic rings. The van der Waals surface area contributed by atoms with Crippen LogP contribution in [0.2, 0.25) is 0 Å². The third-order valence-electron chi connectivity index (χ3n) is 2.95. The monoisotopic (exact) mass is 214 g/mol. The zero-order valence-electron chi connectivity index (χ0n) is 9.77. The summed E-state index contributed by atoms with van der Waals surface area (Å²) in [6.07, 6.45) is 4.45. The van der Waals surface area contributed by atoms with Gasteiger partial charge in [0.1, 0.15) is 0 Å². The highest BCUT2D eigenvalue weighted by Crippen LogP contribution is 2.48.